The second kappa shape index (κ2) is 6.53. The van der Waals surface area contributed by atoms with E-state index >= 15 is 0 Å². The molecule has 0 amide bonds. The van der Waals surface area contributed by atoms with Crippen molar-refractivity contribution >= 4 is 15.5 Å². The molecule has 0 aliphatic carbocycles. The fourth-order valence-corrected chi connectivity index (χ4v) is 3.94. The number of aromatic nitrogens is 2. The summed E-state index contributed by atoms with van der Waals surface area (Å²) in [6.45, 7) is 2.22. The number of anilines is 1. The number of sulfone groups is 1. The van der Waals surface area contributed by atoms with Crippen LogP contribution in [0.15, 0.2) is 27.6 Å². The van der Waals surface area contributed by atoms with Crippen LogP contribution in [-0.4, -0.2) is 37.2 Å². The zero-order valence-corrected chi connectivity index (χ0v) is 14.4. The molecule has 3 rings (SSSR count). The van der Waals surface area contributed by atoms with Crippen molar-refractivity contribution < 1.29 is 30.5 Å². The standard InChI is InChI=1S/C15H15F4N3O3S/c1-9-20-14(21-25-9)10-4-6-22(7-5-10)12-3-2-11(16)8-13(12)26(23,24)15(17,18)19/h2-3,8,10H,4-7H2,1H3. The van der Waals surface area contributed by atoms with E-state index in [1.807, 2.05) is 0 Å². The van der Waals surface area contributed by atoms with Gasteiger partial charge in [0.15, 0.2) is 5.82 Å². The summed E-state index contributed by atoms with van der Waals surface area (Å²) < 4.78 is 80.8. The highest BCUT2D eigenvalue weighted by Crippen LogP contribution is 2.38. The molecule has 6 nitrogen and oxygen atoms in total. The topological polar surface area (TPSA) is 76.3 Å². The van der Waals surface area contributed by atoms with E-state index in [1.54, 1.807) is 6.92 Å². The van der Waals surface area contributed by atoms with E-state index < -0.39 is 26.1 Å². The second-order valence-corrected chi connectivity index (χ2v) is 7.90. The van der Waals surface area contributed by atoms with Crippen molar-refractivity contribution in [2.45, 2.75) is 36.1 Å². The van der Waals surface area contributed by atoms with Crippen molar-refractivity contribution in [3.8, 4) is 0 Å². The number of aryl methyl sites for hydroxylation is 1. The van der Waals surface area contributed by atoms with E-state index in [0.29, 0.717) is 30.6 Å². The van der Waals surface area contributed by atoms with Crippen LogP contribution >= 0.6 is 0 Å². The summed E-state index contributed by atoms with van der Waals surface area (Å²) in [7, 11) is -5.66. The quantitative estimate of drug-likeness (QED) is 0.746. The molecule has 1 aromatic heterocycles. The minimum absolute atomic E-state index is 0.0354. The van der Waals surface area contributed by atoms with Crippen molar-refractivity contribution in [3.63, 3.8) is 0 Å². The van der Waals surface area contributed by atoms with Gasteiger partial charge in [0.05, 0.1) is 5.69 Å². The van der Waals surface area contributed by atoms with Crippen LogP contribution in [0, 0.1) is 12.7 Å². The lowest BCUT2D eigenvalue weighted by Crippen LogP contribution is -2.35. The Morgan fingerprint density at radius 3 is 2.42 bits per heavy atom. The Morgan fingerprint density at radius 2 is 1.88 bits per heavy atom. The number of hydrogen-bond acceptors (Lipinski definition) is 6. The van der Waals surface area contributed by atoms with Crippen LogP contribution in [0.4, 0.5) is 23.2 Å². The molecule has 1 fully saturated rings. The number of rotatable bonds is 3. The Kier molecular flexibility index (Phi) is 4.67. The molecule has 2 heterocycles. The van der Waals surface area contributed by atoms with Gasteiger partial charge in [0.2, 0.25) is 5.89 Å². The SMILES string of the molecule is Cc1nc(C2CCN(c3ccc(F)cc3S(=O)(=O)C(F)(F)F)CC2)no1. The van der Waals surface area contributed by atoms with Gasteiger partial charge >= 0.3 is 5.51 Å². The first kappa shape index (κ1) is 18.6. The van der Waals surface area contributed by atoms with Gasteiger partial charge in [-0.3, -0.25) is 0 Å². The Morgan fingerprint density at radius 1 is 1.23 bits per heavy atom. The minimum Gasteiger partial charge on any atom is -0.370 e. The lowest BCUT2D eigenvalue weighted by Gasteiger charge is -2.33. The molecule has 0 unspecified atom stereocenters. The summed E-state index contributed by atoms with van der Waals surface area (Å²) in [5, 5.41) is 3.84. The third-order valence-electron chi connectivity index (χ3n) is 4.26. The van der Waals surface area contributed by atoms with Crippen molar-refractivity contribution in [1.82, 2.24) is 10.1 Å². The second-order valence-electron chi connectivity index (χ2n) is 5.99. The lowest BCUT2D eigenvalue weighted by atomic mass is 9.96. The summed E-state index contributed by atoms with van der Waals surface area (Å²) in [6.07, 6.45) is 1.00. The molecule has 142 valence electrons. The average molecular weight is 393 g/mol. The first-order chi connectivity index (χ1) is 12.1. The molecule has 26 heavy (non-hydrogen) atoms. The van der Waals surface area contributed by atoms with Gasteiger partial charge in [0, 0.05) is 25.9 Å². The highest BCUT2D eigenvalue weighted by Gasteiger charge is 2.48. The van der Waals surface area contributed by atoms with E-state index in [4.69, 9.17) is 4.52 Å². The van der Waals surface area contributed by atoms with Crippen molar-refractivity contribution in [3.05, 3.63) is 35.7 Å². The van der Waals surface area contributed by atoms with Crippen LogP contribution in [-0.2, 0) is 9.84 Å². The average Bonchev–Trinajstić information content (AvgIpc) is 3.00. The lowest BCUT2D eigenvalue weighted by molar-refractivity contribution is -0.0435. The highest BCUT2D eigenvalue weighted by molar-refractivity contribution is 7.92. The predicted octanol–water partition coefficient (Wildman–Crippen LogP) is 3.19. The maximum absolute atomic E-state index is 13.4. The fourth-order valence-electron chi connectivity index (χ4n) is 2.95. The van der Waals surface area contributed by atoms with Crippen LogP contribution in [0.1, 0.15) is 30.5 Å². The smallest absolute Gasteiger partial charge is 0.370 e. The molecule has 0 bridgehead atoms. The van der Waals surface area contributed by atoms with Gasteiger partial charge in [-0.2, -0.15) is 18.2 Å². The number of nitrogens with zero attached hydrogens (tertiary/aromatic N) is 3. The van der Waals surface area contributed by atoms with E-state index in [1.165, 1.54) is 4.90 Å². The summed E-state index contributed by atoms with van der Waals surface area (Å²) in [5.41, 5.74) is -5.66. The summed E-state index contributed by atoms with van der Waals surface area (Å²) in [4.78, 5) is 4.57. The van der Waals surface area contributed by atoms with Gasteiger partial charge in [-0.15, -0.1) is 0 Å². The number of hydrogen-bond donors (Lipinski definition) is 0. The predicted molar refractivity (Wildman–Crippen MR) is 82.9 cm³/mol. The molecular weight excluding hydrogens is 378 g/mol. The zero-order chi connectivity index (χ0) is 19.1. The Bertz CT molecular complexity index is 903. The molecule has 0 saturated carbocycles. The van der Waals surface area contributed by atoms with Crippen molar-refractivity contribution in [1.29, 1.82) is 0 Å². The fraction of sp³-hybridized carbons (Fsp3) is 0.467. The summed E-state index contributed by atoms with van der Waals surface area (Å²) >= 11 is 0. The molecule has 1 aromatic carbocycles. The van der Waals surface area contributed by atoms with Crippen LogP contribution in [0.3, 0.4) is 0 Å². The molecule has 0 spiro atoms. The van der Waals surface area contributed by atoms with Crippen molar-refractivity contribution in [2.24, 2.45) is 0 Å². The maximum atomic E-state index is 13.4. The van der Waals surface area contributed by atoms with Crippen LogP contribution in [0.2, 0.25) is 0 Å². The van der Waals surface area contributed by atoms with Gasteiger partial charge in [-0.1, -0.05) is 5.16 Å². The summed E-state index contributed by atoms with van der Waals surface area (Å²) in [6, 6.07) is 2.42. The van der Waals surface area contributed by atoms with Gasteiger partial charge in [0.25, 0.3) is 9.84 Å². The van der Waals surface area contributed by atoms with E-state index in [2.05, 4.69) is 10.1 Å². The first-order valence-corrected chi connectivity index (χ1v) is 9.24. The van der Waals surface area contributed by atoms with E-state index in [0.717, 1.165) is 12.1 Å². The molecule has 1 aliphatic rings. The van der Waals surface area contributed by atoms with Gasteiger partial charge in [0.1, 0.15) is 10.7 Å². The molecule has 1 saturated heterocycles. The minimum atomic E-state index is -5.66. The van der Waals surface area contributed by atoms with Crippen LogP contribution in [0.25, 0.3) is 0 Å². The van der Waals surface area contributed by atoms with Gasteiger partial charge in [-0.25, -0.2) is 12.8 Å². The number of piperidine rings is 1. The number of alkyl halides is 3. The zero-order valence-electron chi connectivity index (χ0n) is 13.6. The molecule has 1 aliphatic heterocycles. The van der Waals surface area contributed by atoms with Gasteiger partial charge < -0.3 is 9.42 Å². The highest BCUT2D eigenvalue weighted by atomic mass is 32.2. The Hall–Kier alpha value is -2.17. The Labute approximate surface area is 146 Å². The molecule has 2 aromatic rings. The van der Waals surface area contributed by atoms with Gasteiger partial charge in [-0.05, 0) is 31.0 Å². The molecule has 0 atom stereocenters. The largest absolute Gasteiger partial charge is 0.501 e. The van der Waals surface area contributed by atoms with Crippen LogP contribution in [0.5, 0.6) is 0 Å². The maximum Gasteiger partial charge on any atom is 0.501 e. The number of benzene rings is 1. The first-order valence-electron chi connectivity index (χ1n) is 7.75. The van der Waals surface area contributed by atoms with Crippen molar-refractivity contribution in [2.75, 3.05) is 18.0 Å². The molecule has 0 radical (unpaired) electrons. The molecule has 11 heteroatoms. The van der Waals surface area contributed by atoms with E-state index in [9.17, 15) is 26.0 Å². The molecule has 0 N–H and O–H groups in total. The Balaban J connectivity index is 1.87. The summed E-state index contributed by atoms with van der Waals surface area (Å²) in [5.74, 6) is -0.149. The third-order valence-corrected chi connectivity index (χ3v) is 5.78. The van der Waals surface area contributed by atoms with Crippen LogP contribution < -0.4 is 4.90 Å². The normalized spacial score (nSPS) is 16.9. The molecular formula is C15H15F4N3O3S. The van der Waals surface area contributed by atoms with E-state index in [-0.39, 0.29) is 24.7 Å². The number of halogens is 4. The third kappa shape index (κ3) is 3.39. The monoisotopic (exact) mass is 393 g/mol.